The van der Waals surface area contributed by atoms with Crippen molar-refractivity contribution in [3.63, 3.8) is 0 Å². The monoisotopic (exact) mass is 383 g/mol. The molecule has 1 atom stereocenters. The molecule has 8 nitrogen and oxygen atoms in total. The van der Waals surface area contributed by atoms with Crippen molar-refractivity contribution in [1.29, 1.82) is 0 Å². The lowest BCUT2D eigenvalue weighted by atomic mass is 9.98. The standard InChI is InChI=1S/C17H25N3O5S/c21-13-14-5-4-8-18(12-14)16-7-6-15(11-17(16)20(22)23)26(24,25)19-9-2-1-3-10-19/h6-7,11,14,21H,1-5,8-10,12-13H2/t14-/m1/s1. The first-order valence-electron chi connectivity index (χ1n) is 9.08. The van der Waals surface area contributed by atoms with Crippen molar-refractivity contribution in [2.45, 2.75) is 37.0 Å². The number of rotatable bonds is 5. The number of anilines is 1. The summed E-state index contributed by atoms with van der Waals surface area (Å²) < 4.78 is 27.0. The fourth-order valence-electron chi connectivity index (χ4n) is 3.76. The van der Waals surface area contributed by atoms with Crippen LogP contribution in [0.1, 0.15) is 32.1 Å². The number of hydrogen-bond donors (Lipinski definition) is 1. The number of hydrogen-bond acceptors (Lipinski definition) is 6. The number of nitrogens with zero attached hydrogens (tertiary/aromatic N) is 3. The molecule has 2 aliphatic heterocycles. The van der Waals surface area contributed by atoms with Crippen molar-refractivity contribution >= 4 is 21.4 Å². The van der Waals surface area contributed by atoms with Crippen LogP contribution in [0.15, 0.2) is 23.1 Å². The predicted octanol–water partition coefficient (Wildman–Crippen LogP) is 1.98. The molecule has 2 saturated heterocycles. The third kappa shape index (κ3) is 3.84. The predicted molar refractivity (Wildman–Crippen MR) is 97.7 cm³/mol. The zero-order chi connectivity index (χ0) is 18.7. The maximum atomic E-state index is 12.8. The van der Waals surface area contributed by atoms with Crippen LogP contribution in [0.5, 0.6) is 0 Å². The van der Waals surface area contributed by atoms with Crippen LogP contribution in [0.25, 0.3) is 0 Å². The van der Waals surface area contributed by atoms with Gasteiger partial charge in [0.1, 0.15) is 5.69 Å². The van der Waals surface area contributed by atoms with Gasteiger partial charge in [0.05, 0.1) is 9.82 Å². The summed E-state index contributed by atoms with van der Waals surface area (Å²) in [6.07, 6.45) is 4.37. The second kappa shape index (κ2) is 7.89. The SMILES string of the molecule is O=[N+]([O-])c1cc(S(=O)(=O)N2CCCCC2)ccc1N1CCC[C@@H](CO)C1. The molecule has 0 aromatic heterocycles. The number of nitro benzene ring substituents is 1. The molecule has 3 rings (SSSR count). The fraction of sp³-hybridized carbons (Fsp3) is 0.647. The Morgan fingerprint density at radius 1 is 1.15 bits per heavy atom. The van der Waals surface area contributed by atoms with Crippen molar-refractivity contribution in [3.05, 3.63) is 28.3 Å². The van der Waals surface area contributed by atoms with Crippen LogP contribution in [-0.2, 0) is 10.0 Å². The Hall–Kier alpha value is -1.71. The van der Waals surface area contributed by atoms with Gasteiger partial charge in [-0.1, -0.05) is 6.42 Å². The van der Waals surface area contributed by atoms with Gasteiger partial charge in [-0.05, 0) is 43.7 Å². The summed E-state index contributed by atoms with van der Waals surface area (Å²) in [5.74, 6) is 0.0834. The molecule has 0 amide bonds. The number of aliphatic hydroxyl groups excluding tert-OH is 1. The van der Waals surface area contributed by atoms with Crippen LogP contribution >= 0.6 is 0 Å². The highest BCUT2D eigenvalue weighted by molar-refractivity contribution is 7.89. The van der Waals surface area contributed by atoms with Crippen LogP contribution < -0.4 is 4.90 Å². The van der Waals surface area contributed by atoms with E-state index in [9.17, 15) is 23.6 Å². The Bertz CT molecular complexity index is 762. The maximum Gasteiger partial charge on any atom is 0.293 e. The average Bonchev–Trinajstić information content (AvgIpc) is 2.68. The van der Waals surface area contributed by atoms with E-state index < -0.39 is 14.9 Å². The Labute approximate surface area is 153 Å². The molecule has 1 aromatic rings. The molecular formula is C17H25N3O5S. The van der Waals surface area contributed by atoms with Gasteiger partial charge in [0, 0.05) is 38.9 Å². The van der Waals surface area contributed by atoms with Gasteiger partial charge in [0.25, 0.3) is 5.69 Å². The van der Waals surface area contributed by atoms with E-state index in [4.69, 9.17) is 0 Å². The summed E-state index contributed by atoms with van der Waals surface area (Å²) in [5, 5.41) is 21.0. The summed E-state index contributed by atoms with van der Waals surface area (Å²) >= 11 is 0. The first-order chi connectivity index (χ1) is 12.4. The molecule has 0 saturated carbocycles. The van der Waals surface area contributed by atoms with Crippen LogP contribution in [0.4, 0.5) is 11.4 Å². The molecule has 0 radical (unpaired) electrons. The van der Waals surface area contributed by atoms with Gasteiger partial charge in [0.15, 0.2) is 0 Å². The van der Waals surface area contributed by atoms with Gasteiger partial charge in [-0.15, -0.1) is 0 Å². The Morgan fingerprint density at radius 3 is 2.54 bits per heavy atom. The lowest BCUT2D eigenvalue weighted by molar-refractivity contribution is -0.384. The number of piperidine rings is 2. The number of benzene rings is 1. The first-order valence-corrected chi connectivity index (χ1v) is 10.5. The molecule has 1 N–H and O–H groups in total. The third-order valence-corrected chi connectivity index (χ3v) is 7.11. The minimum atomic E-state index is -3.71. The van der Waals surface area contributed by atoms with Gasteiger partial charge in [-0.2, -0.15) is 4.31 Å². The number of sulfonamides is 1. The molecule has 0 bridgehead atoms. The van der Waals surface area contributed by atoms with Crippen molar-refractivity contribution < 1.29 is 18.4 Å². The molecule has 2 heterocycles. The van der Waals surface area contributed by atoms with E-state index in [-0.39, 0.29) is 23.1 Å². The zero-order valence-corrected chi connectivity index (χ0v) is 15.5. The summed E-state index contributed by atoms with van der Waals surface area (Å²) in [6.45, 7) is 2.17. The second-order valence-corrected chi connectivity index (χ2v) is 8.95. The van der Waals surface area contributed by atoms with Gasteiger partial charge in [0.2, 0.25) is 10.0 Å². The number of nitro groups is 1. The van der Waals surface area contributed by atoms with Gasteiger partial charge in [-0.25, -0.2) is 8.42 Å². The van der Waals surface area contributed by atoms with E-state index in [1.807, 2.05) is 4.90 Å². The minimum Gasteiger partial charge on any atom is -0.396 e. The molecule has 0 aliphatic carbocycles. The Kier molecular flexibility index (Phi) is 5.79. The van der Waals surface area contributed by atoms with E-state index in [2.05, 4.69) is 0 Å². The highest BCUT2D eigenvalue weighted by Crippen LogP contribution is 2.34. The second-order valence-electron chi connectivity index (χ2n) is 7.01. The molecule has 2 fully saturated rings. The van der Waals surface area contributed by atoms with E-state index in [0.717, 1.165) is 32.1 Å². The van der Waals surface area contributed by atoms with Gasteiger partial charge in [-0.3, -0.25) is 10.1 Å². The number of aliphatic hydroxyl groups is 1. The maximum absolute atomic E-state index is 12.8. The zero-order valence-electron chi connectivity index (χ0n) is 14.7. The van der Waals surface area contributed by atoms with Crippen molar-refractivity contribution in [2.75, 3.05) is 37.7 Å². The summed E-state index contributed by atoms with van der Waals surface area (Å²) in [6, 6.07) is 4.19. The Morgan fingerprint density at radius 2 is 1.88 bits per heavy atom. The topological polar surface area (TPSA) is 104 Å². The largest absolute Gasteiger partial charge is 0.396 e. The van der Waals surface area contributed by atoms with E-state index in [1.54, 1.807) is 0 Å². The highest BCUT2D eigenvalue weighted by atomic mass is 32.2. The van der Waals surface area contributed by atoms with Crippen LogP contribution in [0.3, 0.4) is 0 Å². The molecule has 1 aromatic carbocycles. The lowest BCUT2D eigenvalue weighted by Gasteiger charge is -2.33. The van der Waals surface area contributed by atoms with Gasteiger partial charge < -0.3 is 10.0 Å². The van der Waals surface area contributed by atoms with Gasteiger partial charge >= 0.3 is 0 Å². The van der Waals surface area contributed by atoms with Crippen molar-refractivity contribution in [3.8, 4) is 0 Å². The lowest BCUT2D eigenvalue weighted by Crippen LogP contribution is -2.37. The minimum absolute atomic E-state index is 0.0226. The Balaban J connectivity index is 1.93. The molecular weight excluding hydrogens is 358 g/mol. The molecule has 9 heteroatoms. The summed E-state index contributed by atoms with van der Waals surface area (Å²) in [4.78, 5) is 12.9. The highest BCUT2D eigenvalue weighted by Gasteiger charge is 2.30. The molecule has 0 spiro atoms. The molecule has 2 aliphatic rings. The van der Waals surface area contributed by atoms with Crippen molar-refractivity contribution in [2.24, 2.45) is 5.92 Å². The van der Waals surface area contributed by atoms with Crippen LogP contribution in [0.2, 0.25) is 0 Å². The van der Waals surface area contributed by atoms with Crippen LogP contribution in [-0.4, -0.2) is 55.5 Å². The normalized spacial score (nSPS) is 22.3. The summed E-state index contributed by atoms with van der Waals surface area (Å²) in [5.41, 5.74) is 0.229. The van der Waals surface area contributed by atoms with Crippen LogP contribution in [0, 0.1) is 16.0 Å². The quantitative estimate of drug-likeness (QED) is 0.616. The molecule has 144 valence electrons. The van der Waals surface area contributed by atoms with E-state index >= 15 is 0 Å². The van der Waals surface area contributed by atoms with Crippen molar-refractivity contribution in [1.82, 2.24) is 4.31 Å². The third-order valence-electron chi connectivity index (χ3n) is 5.21. The smallest absolute Gasteiger partial charge is 0.293 e. The first kappa shape index (κ1) is 19.1. The molecule has 26 heavy (non-hydrogen) atoms. The van der Waals surface area contributed by atoms with E-state index in [1.165, 1.54) is 22.5 Å². The summed E-state index contributed by atoms with van der Waals surface area (Å²) in [7, 11) is -3.71. The average molecular weight is 383 g/mol. The van der Waals surface area contributed by atoms with E-state index in [0.29, 0.717) is 31.9 Å². The molecule has 0 unspecified atom stereocenters. The fourth-order valence-corrected chi connectivity index (χ4v) is 5.30.